The lowest BCUT2D eigenvalue weighted by atomic mass is 10.2. The first kappa shape index (κ1) is 13.2. The van der Waals surface area contributed by atoms with E-state index in [0.717, 1.165) is 0 Å². The molecule has 0 unspecified atom stereocenters. The summed E-state index contributed by atoms with van der Waals surface area (Å²) in [6.45, 7) is 0.806. The molecule has 0 aliphatic rings. The molecule has 5 nitrogen and oxygen atoms in total. The average Bonchev–Trinajstić information content (AvgIpc) is 2.25. The van der Waals surface area contributed by atoms with Crippen molar-refractivity contribution in [2.24, 2.45) is 0 Å². The number of benzene rings is 1. The average molecular weight is 256 g/mol. The van der Waals surface area contributed by atoms with Gasteiger partial charge < -0.3 is 4.74 Å². The number of esters is 1. The minimum absolute atomic E-state index is 0.228. The van der Waals surface area contributed by atoms with Crippen LogP contribution in [0.15, 0.2) is 30.0 Å². The monoisotopic (exact) mass is 255 g/mol. The second-order valence-electron chi connectivity index (χ2n) is 3.19. The standard InChI is InChI=1S/C11H10ClNO4/c1-8(14)17-7-10(13(15)16)6-9-4-2-3-5-11(9)12/h2-6H,7H2,1H3/b10-6+. The molecule has 0 aliphatic heterocycles. The van der Waals surface area contributed by atoms with Gasteiger partial charge in [0.25, 0.3) is 5.70 Å². The van der Waals surface area contributed by atoms with E-state index < -0.39 is 10.9 Å². The van der Waals surface area contributed by atoms with Gasteiger partial charge in [0.05, 0.1) is 4.92 Å². The summed E-state index contributed by atoms with van der Waals surface area (Å²) in [7, 11) is 0. The van der Waals surface area contributed by atoms with Crippen molar-refractivity contribution >= 4 is 23.6 Å². The summed E-state index contributed by atoms with van der Waals surface area (Å²) in [5.74, 6) is -0.572. The molecule has 0 heterocycles. The Morgan fingerprint density at radius 3 is 2.71 bits per heavy atom. The van der Waals surface area contributed by atoms with Crippen molar-refractivity contribution in [3.63, 3.8) is 0 Å². The van der Waals surface area contributed by atoms with Crippen molar-refractivity contribution < 1.29 is 14.5 Å². The van der Waals surface area contributed by atoms with Gasteiger partial charge in [-0.3, -0.25) is 14.9 Å². The highest BCUT2D eigenvalue weighted by Gasteiger charge is 2.13. The highest BCUT2D eigenvalue weighted by atomic mass is 35.5. The molecule has 0 fully saturated rings. The second kappa shape index (κ2) is 6.00. The van der Waals surface area contributed by atoms with Crippen LogP contribution in [0.1, 0.15) is 12.5 Å². The van der Waals surface area contributed by atoms with E-state index >= 15 is 0 Å². The Labute approximate surface area is 103 Å². The van der Waals surface area contributed by atoms with Gasteiger partial charge in [-0.1, -0.05) is 29.8 Å². The number of halogens is 1. The molecule has 1 rings (SSSR count). The van der Waals surface area contributed by atoms with Gasteiger partial charge in [0.15, 0.2) is 6.61 Å². The van der Waals surface area contributed by atoms with Gasteiger partial charge in [0.2, 0.25) is 0 Å². The van der Waals surface area contributed by atoms with E-state index in [-0.39, 0.29) is 12.3 Å². The number of hydrogen-bond acceptors (Lipinski definition) is 4. The van der Waals surface area contributed by atoms with Gasteiger partial charge in [-0.25, -0.2) is 0 Å². The highest BCUT2D eigenvalue weighted by Crippen LogP contribution is 2.18. The Morgan fingerprint density at radius 1 is 1.53 bits per heavy atom. The molecule has 0 saturated heterocycles. The number of carbonyl (C=O) groups excluding carboxylic acids is 1. The smallest absolute Gasteiger partial charge is 0.303 e. The molecule has 0 spiro atoms. The molecule has 17 heavy (non-hydrogen) atoms. The SMILES string of the molecule is CC(=O)OC/C(=C\c1ccccc1Cl)[N+](=O)[O-]. The zero-order valence-electron chi connectivity index (χ0n) is 9.05. The van der Waals surface area contributed by atoms with Crippen LogP contribution in [0.2, 0.25) is 5.02 Å². The van der Waals surface area contributed by atoms with Crippen LogP contribution < -0.4 is 0 Å². The van der Waals surface area contributed by atoms with Gasteiger partial charge in [0.1, 0.15) is 0 Å². The highest BCUT2D eigenvalue weighted by molar-refractivity contribution is 6.32. The van der Waals surface area contributed by atoms with Crippen molar-refractivity contribution in [3.8, 4) is 0 Å². The Hall–Kier alpha value is -1.88. The van der Waals surface area contributed by atoms with Crippen LogP contribution >= 0.6 is 11.6 Å². The van der Waals surface area contributed by atoms with E-state index in [2.05, 4.69) is 4.74 Å². The molecule has 0 radical (unpaired) electrons. The predicted octanol–water partition coefficient (Wildman–Crippen LogP) is 2.52. The van der Waals surface area contributed by atoms with Crippen molar-refractivity contribution in [3.05, 3.63) is 50.7 Å². The lowest BCUT2D eigenvalue weighted by Crippen LogP contribution is -2.09. The largest absolute Gasteiger partial charge is 0.454 e. The van der Waals surface area contributed by atoms with Crippen molar-refractivity contribution in [2.75, 3.05) is 6.61 Å². The Kier molecular flexibility index (Phi) is 4.66. The van der Waals surface area contributed by atoms with Crippen LogP contribution in [0.25, 0.3) is 6.08 Å². The Morgan fingerprint density at radius 2 is 2.18 bits per heavy atom. The van der Waals surface area contributed by atoms with Crippen LogP contribution in [0.3, 0.4) is 0 Å². The van der Waals surface area contributed by atoms with E-state index in [1.165, 1.54) is 13.0 Å². The number of ether oxygens (including phenoxy) is 1. The number of nitro groups is 1. The van der Waals surface area contributed by atoms with Crippen LogP contribution in [0, 0.1) is 10.1 Å². The maximum atomic E-state index is 10.7. The molecular weight excluding hydrogens is 246 g/mol. The lowest BCUT2D eigenvalue weighted by Gasteiger charge is -2.01. The number of nitrogens with zero attached hydrogens (tertiary/aromatic N) is 1. The molecule has 1 aromatic rings. The van der Waals surface area contributed by atoms with Crippen LogP contribution in [0.4, 0.5) is 0 Å². The summed E-state index contributed by atoms with van der Waals surface area (Å²) in [5.41, 5.74) is 0.279. The summed E-state index contributed by atoms with van der Waals surface area (Å²) < 4.78 is 4.59. The third kappa shape index (κ3) is 4.24. The number of carbonyl (C=O) groups is 1. The van der Waals surface area contributed by atoms with E-state index in [4.69, 9.17) is 11.6 Å². The summed E-state index contributed by atoms with van der Waals surface area (Å²) in [4.78, 5) is 20.7. The zero-order chi connectivity index (χ0) is 12.8. The predicted molar refractivity (Wildman–Crippen MR) is 63.1 cm³/mol. The first-order valence-corrected chi connectivity index (χ1v) is 5.11. The molecular formula is C11H10ClNO4. The van der Waals surface area contributed by atoms with Crippen molar-refractivity contribution in [2.45, 2.75) is 6.92 Å². The molecule has 0 saturated carbocycles. The maximum absolute atomic E-state index is 10.7. The minimum Gasteiger partial charge on any atom is -0.454 e. The summed E-state index contributed by atoms with van der Waals surface area (Å²) in [6, 6.07) is 6.69. The van der Waals surface area contributed by atoms with Crippen molar-refractivity contribution in [1.82, 2.24) is 0 Å². The fourth-order valence-electron chi connectivity index (χ4n) is 1.09. The normalized spacial score (nSPS) is 11.1. The van der Waals surface area contributed by atoms with E-state index in [0.29, 0.717) is 10.6 Å². The number of rotatable bonds is 4. The number of hydrogen-bond donors (Lipinski definition) is 0. The van der Waals surface area contributed by atoms with E-state index in [1.807, 2.05) is 0 Å². The first-order valence-electron chi connectivity index (χ1n) is 4.73. The molecule has 0 bridgehead atoms. The van der Waals surface area contributed by atoms with Crippen molar-refractivity contribution in [1.29, 1.82) is 0 Å². The summed E-state index contributed by atoms with van der Waals surface area (Å²) in [6.07, 6.45) is 1.28. The van der Waals surface area contributed by atoms with Gasteiger partial charge in [0, 0.05) is 18.0 Å². The molecule has 1 aromatic carbocycles. The fraction of sp³-hybridized carbons (Fsp3) is 0.182. The molecule has 0 N–H and O–H groups in total. The first-order chi connectivity index (χ1) is 8.00. The maximum Gasteiger partial charge on any atom is 0.303 e. The molecule has 0 aromatic heterocycles. The molecule has 0 aliphatic carbocycles. The fourth-order valence-corrected chi connectivity index (χ4v) is 1.28. The van der Waals surface area contributed by atoms with Gasteiger partial charge in [-0.2, -0.15) is 0 Å². The Bertz CT molecular complexity index is 470. The van der Waals surface area contributed by atoms with Crippen LogP contribution in [-0.2, 0) is 9.53 Å². The van der Waals surface area contributed by atoms with Crippen LogP contribution in [0.5, 0.6) is 0 Å². The van der Waals surface area contributed by atoms with Crippen LogP contribution in [-0.4, -0.2) is 17.5 Å². The second-order valence-corrected chi connectivity index (χ2v) is 3.60. The third-order valence-electron chi connectivity index (χ3n) is 1.89. The Balaban J connectivity index is 2.94. The topological polar surface area (TPSA) is 69.4 Å². The van der Waals surface area contributed by atoms with E-state index in [9.17, 15) is 14.9 Å². The van der Waals surface area contributed by atoms with Gasteiger partial charge >= 0.3 is 5.97 Å². The van der Waals surface area contributed by atoms with Gasteiger partial charge in [-0.05, 0) is 11.6 Å². The van der Waals surface area contributed by atoms with Gasteiger partial charge in [-0.15, -0.1) is 0 Å². The molecule has 0 amide bonds. The molecule has 6 heteroatoms. The lowest BCUT2D eigenvalue weighted by molar-refractivity contribution is -0.428. The quantitative estimate of drug-likeness (QED) is 0.471. The summed E-state index contributed by atoms with van der Waals surface area (Å²) in [5, 5.41) is 11.1. The molecule has 90 valence electrons. The minimum atomic E-state index is -0.605. The van der Waals surface area contributed by atoms with E-state index in [1.54, 1.807) is 24.3 Å². The zero-order valence-corrected chi connectivity index (χ0v) is 9.81. The summed E-state index contributed by atoms with van der Waals surface area (Å²) >= 11 is 5.86. The third-order valence-corrected chi connectivity index (χ3v) is 2.23. The molecule has 0 atom stereocenters.